The van der Waals surface area contributed by atoms with Crippen LogP contribution in [0, 0.1) is 10.1 Å². The largest absolute Gasteiger partial charge is 0.376 e. The molecule has 1 aliphatic heterocycles. The van der Waals surface area contributed by atoms with E-state index in [0.29, 0.717) is 19.3 Å². The molecule has 0 bridgehead atoms. The first-order valence-corrected chi connectivity index (χ1v) is 7.00. The molecule has 0 saturated carbocycles. The minimum absolute atomic E-state index is 0.0930. The lowest BCUT2D eigenvalue weighted by Gasteiger charge is -2.36. The number of nitrogens with zero attached hydrogens (tertiary/aromatic N) is 4. The molecule has 0 radical (unpaired) electrons. The predicted octanol–water partition coefficient (Wildman–Crippen LogP) is 2.01. The monoisotopic (exact) mass is 290 g/mol. The van der Waals surface area contributed by atoms with Gasteiger partial charge in [0, 0.05) is 30.1 Å². The molecule has 0 N–H and O–H groups in total. The van der Waals surface area contributed by atoms with Crippen molar-refractivity contribution in [1.29, 1.82) is 0 Å². The Labute approximate surface area is 122 Å². The van der Waals surface area contributed by atoms with Gasteiger partial charge in [-0.25, -0.2) is 0 Å². The highest BCUT2D eigenvalue weighted by Gasteiger charge is 2.24. The number of ether oxygens (including phenoxy) is 1. The van der Waals surface area contributed by atoms with Gasteiger partial charge in [-0.15, -0.1) is 0 Å². The summed E-state index contributed by atoms with van der Waals surface area (Å²) in [4.78, 5) is 12.7. The molecule has 21 heavy (non-hydrogen) atoms. The van der Waals surface area contributed by atoms with Gasteiger partial charge in [-0.3, -0.25) is 19.7 Å². The SMILES string of the molecule is CC1CN(Cn2ncc3cc([N+](=O)[O-])ccc32)C(C)CO1. The molecule has 1 saturated heterocycles. The Hall–Kier alpha value is -1.99. The van der Waals surface area contributed by atoms with E-state index in [1.165, 1.54) is 6.07 Å². The summed E-state index contributed by atoms with van der Waals surface area (Å²) in [7, 11) is 0. The second kappa shape index (κ2) is 5.42. The number of rotatable bonds is 3. The van der Waals surface area contributed by atoms with Crippen molar-refractivity contribution < 1.29 is 9.66 Å². The van der Waals surface area contributed by atoms with Crippen molar-refractivity contribution in [2.24, 2.45) is 0 Å². The average molecular weight is 290 g/mol. The quantitative estimate of drug-likeness (QED) is 0.638. The molecule has 0 aliphatic carbocycles. The van der Waals surface area contributed by atoms with Crippen molar-refractivity contribution in [1.82, 2.24) is 14.7 Å². The summed E-state index contributed by atoms with van der Waals surface area (Å²) >= 11 is 0. The third-order valence-electron chi connectivity index (χ3n) is 3.89. The zero-order chi connectivity index (χ0) is 15.0. The molecule has 0 spiro atoms. The summed E-state index contributed by atoms with van der Waals surface area (Å²) in [5.41, 5.74) is 1.00. The van der Waals surface area contributed by atoms with Crippen LogP contribution in [0.15, 0.2) is 24.4 Å². The van der Waals surface area contributed by atoms with Gasteiger partial charge in [-0.2, -0.15) is 5.10 Å². The van der Waals surface area contributed by atoms with E-state index >= 15 is 0 Å². The maximum absolute atomic E-state index is 10.8. The highest BCUT2D eigenvalue weighted by atomic mass is 16.6. The van der Waals surface area contributed by atoms with E-state index in [0.717, 1.165) is 17.4 Å². The first-order valence-electron chi connectivity index (χ1n) is 7.00. The number of hydrogen-bond acceptors (Lipinski definition) is 5. The number of nitro groups is 1. The van der Waals surface area contributed by atoms with Crippen LogP contribution >= 0.6 is 0 Å². The van der Waals surface area contributed by atoms with Gasteiger partial charge < -0.3 is 4.74 Å². The Bertz CT molecular complexity index is 669. The van der Waals surface area contributed by atoms with Gasteiger partial charge in [-0.05, 0) is 19.9 Å². The highest BCUT2D eigenvalue weighted by Crippen LogP contribution is 2.21. The molecule has 2 atom stereocenters. The minimum Gasteiger partial charge on any atom is -0.376 e. The van der Waals surface area contributed by atoms with Crippen molar-refractivity contribution in [3.8, 4) is 0 Å². The maximum atomic E-state index is 10.8. The van der Waals surface area contributed by atoms with E-state index in [2.05, 4.69) is 23.8 Å². The summed E-state index contributed by atoms with van der Waals surface area (Å²) in [6.45, 7) is 6.42. The Morgan fingerprint density at radius 2 is 2.29 bits per heavy atom. The van der Waals surface area contributed by atoms with Crippen LogP contribution in [0.25, 0.3) is 10.9 Å². The summed E-state index contributed by atoms with van der Waals surface area (Å²) < 4.78 is 7.51. The number of non-ortho nitro benzene ring substituents is 1. The Kier molecular flexibility index (Phi) is 3.60. The molecular formula is C14H18N4O3. The fraction of sp³-hybridized carbons (Fsp3) is 0.500. The summed E-state index contributed by atoms with van der Waals surface area (Å²) in [5.74, 6) is 0. The second-order valence-electron chi connectivity index (χ2n) is 5.55. The number of hydrogen-bond donors (Lipinski definition) is 0. The van der Waals surface area contributed by atoms with Crippen molar-refractivity contribution in [3.05, 3.63) is 34.5 Å². The summed E-state index contributed by atoms with van der Waals surface area (Å²) in [6.07, 6.45) is 1.89. The van der Waals surface area contributed by atoms with Crippen molar-refractivity contribution in [3.63, 3.8) is 0 Å². The zero-order valence-corrected chi connectivity index (χ0v) is 12.1. The van der Waals surface area contributed by atoms with Crippen molar-refractivity contribution in [2.45, 2.75) is 32.7 Å². The van der Waals surface area contributed by atoms with Crippen molar-refractivity contribution in [2.75, 3.05) is 13.2 Å². The summed E-state index contributed by atoms with van der Waals surface area (Å²) in [6, 6.07) is 5.17. The number of fused-ring (bicyclic) bond motifs is 1. The van der Waals surface area contributed by atoms with Gasteiger partial charge in [0.1, 0.15) is 0 Å². The van der Waals surface area contributed by atoms with Crippen LogP contribution in [-0.4, -0.2) is 44.9 Å². The maximum Gasteiger partial charge on any atom is 0.270 e. The number of nitro benzene ring substituents is 1. The van der Waals surface area contributed by atoms with Gasteiger partial charge in [0.15, 0.2) is 0 Å². The third-order valence-corrected chi connectivity index (χ3v) is 3.89. The minimum atomic E-state index is -0.386. The number of aromatic nitrogens is 2. The van der Waals surface area contributed by atoms with Crippen LogP contribution in [0.5, 0.6) is 0 Å². The molecule has 2 heterocycles. The molecule has 7 nitrogen and oxygen atoms in total. The van der Waals surface area contributed by atoms with E-state index in [1.807, 2.05) is 4.68 Å². The Balaban J connectivity index is 1.85. The average Bonchev–Trinajstić information content (AvgIpc) is 2.85. The molecule has 3 rings (SSSR count). The molecule has 1 fully saturated rings. The zero-order valence-electron chi connectivity index (χ0n) is 12.1. The lowest BCUT2D eigenvalue weighted by atomic mass is 10.2. The number of morpholine rings is 1. The van der Waals surface area contributed by atoms with Crippen molar-refractivity contribution >= 4 is 16.6 Å². The van der Waals surface area contributed by atoms with Crippen LogP contribution < -0.4 is 0 Å². The normalized spacial score (nSPS) is 23.5. The number of benzene rings is 1. The third kappa shape index (κ3) is 2.74. The Morgan fingerprint density at radius 3 is 3.05 bits per heavy atom. The lowest BCUT2D eigenvalue weighted by molar-refractivity contribution is -0.384. The highest BCUT2D eigenvalue weighted by molar-refractivity contribution is 5.81. The molecule has 7 heteroatoms. The van der Waals surface area contributed by atoms with E-state index in [1.54, 1.807) is 18.3 Å². The van der Waals surface area contributed by atoms with Gasteiger partial charge in [0.05, 0.1) is 36.0 Å². The van der Waals surface area contributed by atoms with Crippen LogP contribution in [0.1, 0.15) is 13.8 Å². The van der Waals surface area contributed by atoms with Crippen LogP contribution in [0.3, 0.4) is 0 Å². The molecule has 1 aromatic heterocycles. The second-order valence-corrected chi connectivity index (χ2v) is 5.55. The smallest absolute Gasteiger partial charge is 0.270 e. The molecule has 2 aromatic rings. The van der Waals surface area contributed by atoms with E-state index in [9.17, 15) is 10.1 Å². The van der Waals surface area contributed by atoms with Gasteiger partial charge in [0.25, 0.3) is 5.69 Å². The topological polar surface area (TPSA) is 73.4 Å². The molecule has 0 amide bonds. The fourth-order valence-electron chi connectivity index (χ4n) is 2.64. The first-order chi connectivity index (χ1) is 10.0. The van der Waals surface area contributed by atoms with Crippen LogP contribution in [-0.2, 0) is 11.4 Å². The lowest BCUT2D eigenvalue weighted by Crippen LogP contribution is -2.47. The van der Waals surface area contributed by atoms with Gasteiger partial charge >= 0.3 is 0 Å². The van der Waals surface area contributed by atoms with Gasteiger partial charge in [0.2, 0.25) is 0 Å². The Morgan fingerprint density at radius 1 is 1.48 bits per heavy atom. The van der Waals surface area contributed by atoms with Crippen LogP contribution in [0.2, 0.25) is 0 Å². The van der Waals surface area contributed by atoms with Gasteiger partial charge in [-0.1, -0.05) is 0 Å². The molecule has 1 aliphatic rings. The van der Waals surface area contributed by atoms with E-state index in [4.69, 9.17) is 4.74 Å². The molecule has 2 unspecified atom stereocenters. The standard InChI is InChI=1S/C14H18N4O3/c1-10-8-21-11(2)7-16(10)9-17-14-4-3-13(18(19)20)5-12(14)6-15-17/h3-6,10-11H,7-9H2,1-2H3. The first kappa shape index (κ1) is 14.0. The fourth-order valence-corrected chi connectivity index (χ4v) is 2.64. The predicted molar refractivity (Wildman–Crippen MR) is 78.0 cm³/mol. The van der Waals surface area contributed by atoms with E-state index < -0.39 is 0 Å². The van der Waals surface area contributed by atoms with Crippen LogP contribution in [0.4, 0.5) is 5.69 Å². The van der Waals surface area contributed by atoms with E-state index in [-0.39, 0.29) is 16.7 Å². The molecule has 112 valence electrons. The summed E-state index contributed by atoms with van der Waals surface area (Å²) in [5, 5.41) is 16.0. The molecular weight excluding hydrogens is 272 g/mol. The molecule has 1 aromatic carbocycles.